The van der Waals surface area contributed by atoms with Crippen LogP contribution in [0.25, 0.3) is 11.5 Å². The maximum atomic E-state index is 12.3. The van der Waals surface area contributed by atoms with Gasteiger partial charge in [0.2, 0.25) is 10.0 Å². The van der Waals surface area contributed by atoms with Gasteiger partial charge in [-0.3, -0.25) is 9.55 Å². The summed E-state index contributed by atoms with van der Waals surface area (Å²) in [5, 5.41) is 4.25. The summed E-state index contributed by atoms with van der Waals surface area (Å²) in [4.78, 5) is 16.6. The molecule has 27 heavy (non-hydrogen) atoms. The normalized spacial score (nSPS) is 11.5. The van der Waals surface area contributed by atoms with Gasteiger partial charge in [-0.2, -0.15) is 0 Å². The van der Waals surface area contributed by atoms with Crippen molar-refractivity contribution in [3.8, 4) is 17.3 Å². The molecule has 0 atom stereocenters. The van der Waals surface area contributed by atoms with Crippen LogP contribution in [0.15, 0.2) is 58.4 Å². The van der Waals surface area contributed by atoms with Crippen LogP contribution in [0.3, 0.4) is 0 Å². The van der Waals surface area contributed by atoms with Crippen LogP contribution < -0.4 is 15.1 Å². The van der Waals surface area contributed by atoms with E-state index in [0.29, 0.717) is 17.3 Å². The number of sulfonamides is 1. The average molecular weight is 389 g/mol. The van der Waals surface area contributed by atoms with Crippen LogP contribution in [0.4, 0.5) is 0 Å². The average Bonchev–Trinajstić information content (AvgIpc) is 2.97. The number of rotatable bonds is 7. The van der Waals surface area contributed by atoms with Crippen molar-refractivity contribution in [3.05, 3.63) is 59.1 Å². The first-order valence-electron chi connectivity index (χ1n) is 8.11. The SMILES string of the molecule is COc1ccc(S(=O)(=O)NCCn2nc(-c3ccccn3)n(C)c2=O)cc1. The highest BCUT2D eigenvalue weighted by atomic mass is 32.2. The zero-order valence-corrected chi connectivity index (χ0v) is 15.7. The van der Waals surface area contributed by atoms with E-state index in [1.165, 1.54) is 28.5 Å². The summed E-state index contributed by atoms with van der Waals surface area (Å²) < 4.78 is 34.7. The summed E-state index contributed by atoms with van der Waals surface area (Å²) in [7, 11) is -0.591. The quantitative estimate of drug-likeness (QED) is 0.635. The Kier molecular flexibility index (Phi) is 5.38. The van der Waals surface area contributed by atoms with Gasteiger partial charge in [-0.25, -0.2) is 22.6 Å². The first kappa shape index (κ1) is 18.8. The van der Waals surface area contributed by atoms with Gasteiger partial charge < -0.3 is 4.74 Å². The molecule has 3 aromatic rings. The molecule has 2 aromatic heterocycles. The van der Waals surface area contributed by atoms with Gasteiger partial charge in [-0.15, -0.1) is 5.10 Å². The van der Waals surface area contributed by atoms with E-state index < -0.39 is 10.0 Å². The molecule has 1 aromatic carbocycles. The lowest BCUT2D eigenvalue weighted by Crippen LogP contribution is -2.31. The lowest BCUT2D eigenvalue weighted by Gasteiger charge is -2.07. The number of nitrogens with one attached hydrogen (secondary N) is 1. The zero-order valence-electron chi connectivity index (χ0n) is 14.9. The lowest BCUT2D eigenvalue weighted by molar-refractivity contribution is 0.414. The van der Waals surface area contributed by atoms with Crippen molar-refractivity contribution in [2.45, 2.75) is 11.4 Å². The largest absolute Gasteiger partial charge is 0.497 e. The Morgan fingerprint density at radius 3 is 2.52 bits per heavy atom. The summed E-state index contributed by atoms with van der Waals surface area (Å²) in [6.45, 7) is 0.113. The molecule has 0 aliphatic carbocycles. The van der Waals surface area contributed by atoms with Gasteiger partial charge in [0.1, 0.15) is 11.4 Å². The summed E-state index contributed by atoms with van der Waals surface area (Å²) >= 11 is 0. The number of nitrogens with zero attached hydrogens (tertiary/aromatic N) is 4. The van der Waals surface area contributed by atoms with Crippen LogP contribution >= 0.6 is 0 Å². The second-order valence-electron chi connectivity index (χ2n) is 5.68. The third-order valence-corrected chi connectivity index (χ3v) is 5.40. The van der Waals surface area contributed by atoms with Gasteiger partial charge in [0, 0.05) is 19.8 Å². The molecule has 0 unspecified atom stereocenters. The number of pyridine rings is 1. The molecule has 0 amide bonds. The van der Waals surface area contributed by atoms with Crippen LogP contribution in [-0.4, -0.2) is 41.4 Å². The summed E-state index contributed by atoms with van der Waals surface area (Å²) in [6.07, 6.45) is 1.61. The number of hydrogen-bond acceptors (Lipinski definition) is 6. The van der Waals surface area contributed by atoms with E-state index in [0.717, 1.165) is 0 Å². The van der Waals surface area contributed by atoms with E-state index in [9.17, 15) is 13.2 Å². The Bertz CT molecular complexity index is 1070. The van der Waals surface area contributed by atoms with Crippen molar-refractivity contribution in [3.63, 3.8) is 0 Å². The minimum Gasteiger partial charge on any atom is -0.497 e. The molecule has 0 aliphatic heterocycles. The molecule has 0 aliphatic rings. The fraction of sp³-hybridized carbons (Fsp3) is 0.235. The van der Waals surface area contributed by atoms with E-state index in [2.05, 4.69) is 14.8 Å². The minimum atomic E-state index is -3.69. The van der Waals surface area contributed by atoms with Crippen molar-refractivity contribution < 1.29 is 13.2 Å². The van der Waals surface area contributed by atoms with Crippen molar-refractivity contribution in [1.29, 1.82) is 0 Å². The molecule has 0 bridgehead atoms. The standard InChI is InChI=1S/C17H19N5O4S/c1-21-16(15-5-3-4-10-18-15)20-22(17(21)23)12-11-19-27(24,25)14-8-6-13(26-2)7-9-14/h3-10,19H,11-12H2,1-2H3. The van der Waals surface area contributed by atoms with Crippen LogP contribution in [-0.2, 0) is 23.6 Å². The number of ether oxygens (including phenoxy) is 1. The molecule has 0 saturated heterocycles. The van der Waals surface area contributed by atoms with Gasteiger partial charge >= 0.3 is 5.69 Å². The smallest absolute Gasteiger partial charge is 0.346 e. The Labute approximate surface area is 156 Å². The molecule has 0 spiro atoms. The maximum absolute atomic E-state index is 12.3. The molecule has 1 N–H and O–H groups in total. The van der Waals surface area contributed by atoms with Gasteiger partial charge in [0.25, 0.3) is 0 Å². The van der Waals surface area contributed by atoms with Crippen LogP contribution in [0.2, 0.25) is 0 Å². The molecule has 142 valence electrons. The van der Waals surface area contributed by atoms with E-state index in [-0.39, 0.29) is 23.7 Å². The van der Waals surface area contributed by atoms with Gasteiger partial charge in [0.15, 0.2) is 5.82 Å². The zero-order chi connectivity index (χ0) is 19.4. The number of aromatic nitrogens is 4. The molecule has 0 fully saturated rings. The molecule has 0 saturated carbocycles. The first-order valence-corrected chi connectivity index (χ1v) is 9.59. The van der Waals surface area contributed by atoms with E-state index in [1.54, 1.807) is 43.6 Å². The topological polar surface area (TPSA) is 108 Å². The highest BCUT2D eigenvalue weighted by molar-refractivity contribution is 7.89. The minimum absolute atomic E-state index is 0.0208. The van der Waals surface area contributed by atoms with Crippen molar-refractivity contribution in [2.24, 2.45) is 7.05 Å². The van der Waals surface area contributed by atoms with E-state index in [1.807, 2.05) is 0 Å². The Hall–Kier alpha value is -2.98. The Morgan fingerprint density at radius 2 is 1.89 bits per heavy atom. The summed E-state index contributed by atoms with van der Waals surface area (Å²) in [5.74, 6) is 0.981. The van der Waals surface area contributed by atoms with Crippen LogP contribution in [0.5, 0.6) is 5.75 Å². The third-order valence-electron chi connectivity index (χ3n) is 3.92. The highest BCUT2D eigenvalue weighted by Crippen LogP contribution is 2.15. The van der Waals surface area contributed by atoms with Crippen molar-refractivity contribution >= 4 is 10.0 Å². The predicted octanol–water partition coefficient (Wildman–Crippen LogP) is 0.631. The Balaban J connectivity index is 1.71. The van der Waals surface area contributed by atoms with Crippen LogP contribution in [0.1, 0.15) is 0 Å². The predicted molar refractivity (Wildman–Crippen MR) is 98.9 cm³/mol. The second-order valence-corrected chi connectivity index (χ2v) is 7.44. The lowest BCUT2D eigenvalue weighted by atomic mass is 10.3. The van der Waals surface area contributed by atoms with Crippen LogP contribution in [0, 0.1) is 0 Å². The molecule has 10 heteroatoms. The maximum Gasteiger partial charge on any atom is 0.346 e. The molecule has 9 nitrogen and oxygen atoms in total. The fourth-order valence-corrected chi connectivity index (χ4v) is 3.50. The molecular weight excluding hydrogens is 370 g/mol. The first-order chi connectivity index (χ1) is 12.9. The van der Waals surface area contributed by atoms with E-state index >= 15 is 0 Å². The molecule has 3 rings (SSSR count). The molecule has 0 radical (unpaired) electrons. The number of hydrogen-bond donors (Lipinski definition) is 1. The van der Waals surface area contributed by atoms with Gasteiger partial charge in [-0.1, -0.05) is 6.07 Å². The molecule has 2 heterocycles. The Morgan fingerprint density at radius 1 is 1.15 bits per heavy atom. The summed E-state index contributed by atoms with van der Waals surface area (Å²) in [6, 6.07) is 11.4. The number of benzene rings is 1. The molecular formula is C17H19N5O4S. The third kappa shape index (κ3) is 4.07. The van der Waals surface area contributed by atoms with Crippen molar-refractivity contribution in [2.75, 3.05) is 13.7 Å². The fourth-order valence-electron chi connectivity index (χ4n) is 2.48. The van der Waals surface area contributed by atoms with Gasteiger partial charge in [0.05, 0.1) is 18.6 Å². The van der Waals surface area contributed by atoms with Gasteiger partial charge in [-0.05, 0) is 36.4 Å². The highest BCUT2D eigenvalue weighted by Gasteiger charge is 2.16. The van der Waals surface area contributed by atoms with E-state index in [4.69, 9.17) is 4.74 Å². The summed E-state index contributed by atoms with van der Waals surface area (Å²) in [5.41, 5.74) is 0.217. The van der Waals surface area contributed by atoms with Crippen molar-refractivity contribution in [1.82, 2.24) is 24.1 Å². The number of methoxy groups -OCH3 is 1. The monoisotopic (exact) mass is 389 g/mol. The second kappa shape index (κ2) is 7.72.